The molecule has 8 nitrogen and oxygen atoms in total. The summed E-state index contributed by atoms with van der Waals surface area (Å²) >= 11 is 0. The summed E-state index contributed by atoms with van der Waals surface area (Å²) in [6, 6.07) is 14.2. The summed E-state index contributed by atoms with van der Waals surface area (Å²) in [7, 11) is -3.62. The summed E-state index contributed by atoms with van der Waals surface area (Å²) in [6.45, 7) is 7.52. The van der Waals surface area contributed by atoms with Crippen molar-refractivity contribution in [1.29, 1.82) is 0 Å². The zero-order valence-corrected chi connectivity index (χ0v) is 21.3. The molecule has 0 aliphatic carbocycles. The van der Waals surface area contributed by atoms with E-state index in [0.29, 0.717) is 18.6 Å². The molecule has 1 N–H and O–H groups in total. The second-order valence-electron chi connectivity index (χ2n) is 10.3. The number of oxazole rings is 1. The highest BCUT2D eigenvalue weighted by Gasteiger charge is 2.28. The summed E-state index contributed by atoms with van der Waals surface area (Å²) in [5.74, 6) is -0.782. The Hall–Kier alpha value is -2.91. The van der Waals surface area contributed by atoms with E-state index in [-0.39, 0.29) is 40.8 Å². The molecule has 35 heavy (non-hydrogen) atoms. The van der Waals surface area contributed by atoms with Crippen molar-refractivity contribution in [2.45, 2.75) is 63.9 Å². The molecule has 9 heteroatoms. The van der Waals surface area contributed by atoms with Gasteiger partial charge in [-0.25, -0.2) is 13.2 Å². The van der Waals surface area contributed by atoms with Crippen LogP contribution in [-0.2, 0) is 21.4 Å². The average Bonchev–Trinajstić information content (AvgIpc) is 3.45. The molecule has 1 aromatic heterocycles. The maximum atomic E-state index is 12.8. The van der Waals surface area contributed by atoms with E-state index in [1.807, 2.05) is 30.3 Å². The Morgan fingerprint density at radius 1 is 1.09 bits per heavy atom. The van der Waals surface area contributed by atoms with Gasteiger partial charge in [0.15, 0.2) is 5.58 Å². The maximum absolute atomic E-state index is 12.8. The van der Waals surface area contributed by atoms with E-state index in [1.54, 1.807) is 6.07 Å². The predicted molar refractivity (Wildman–Crippen MR) is 134 cm³/mol. The standard InChI is InChI=1S/C26H33N3O5S/c1-26(2,3)18-21(19-9-5-4-6-10-19)27-24(30)13-16-29-22-12-11-20(17-23(22)34-25(29)31)35(32,33)28-14-7-8-15-28/h4-6,9-12,17,21H,7-8,13-16,18H2,1-3H3,(H,27,30). The largest absolute Gasteiger partial charge is 0.419 e. The summed E-state index contributed by atoms with van der Waals surface area (Å²) in [5.41, 5.74) is 1.72. The number of carbonyl (C=O) groups is 1. The van der Waals surface area contributed by atoms with Gasteiger partial charge in [0.25, 0.3) is 0 Å². The first-order valence-corrected chi connectivity index (χ1v) is 13.5. The SMILES string of the molecule is CC(C)(C)CC(NC(=O)CCn1c(=O)oc2cc(S(=O)(=O)N3CCCC3)ccc21)c1ccccc1. The average molecular weight is 500 g/mol. The minimum Gasteiger partial charge on any atom is -0.408 e. The van der Waals surface area contributed by atoms with Gasteiger partial charge in [-0.2, -0.15) is 4.31 Å². The van der Waals surface area contributed by atoms with Crippen LogP contribution in [0.3, 0.4) is 0 Å². The number of nitrogens with zero attached hydrogens (tertiary/aromatic N) is 2. The van der Waals surface area contributed by atoms with E-state index >= 15 is 0 Å². The second-order valence-corrected chi connectivity index (χ2v) is 12.2. The lowest BCUT2D eigenvalue weighted by molar-refractivity contribution is -0.122. The summed E-state index contributed by atoms with van der Waals surface area (Å²) < 4.78 is 33.9. The van der Waals surface area contributed by atoms with E-state index in [4.69, 9.17) is 4.42 Å². The van der Waals surface area contributed by atoms with Gasteiger partial charge in [-0.1, -0.05) is 51.1 Å². The third-order valence-electron chi connectivity index (χ3n) is 6.26. The summed E-state index contributed by atoms with van der Waals surface area (Å²) in [6.07, 6.45) is 2.55. The number of amides is 1. The van der Waals surface area contributed by atoms with Gasteiger partial charge in [0, 0.05) is 32.1 Å². The van der Waals surface area contributed by atoms with Crippen molar-refractivity contribution in [2.24, 2.45) is 5.41 Å². The third-order valence-corrected chi connectivity index (χ3v) is 8.15. The fourth-order valence-electron chi connectivity index (χ4n) is 4.53. The zero-order chi connectivity index (χ0) is 25.2. The van der Waals surface area contributed by atoms with Gasteiger partial charge in [0.2, 0.25) is 15.9 Å². The first-order valence-electron chi connectivity index (χ1n) is 12.0. The number of aromatic nitrogens is 1. The monoisotopic (exact) mass is 499 g/mol. The van der Waals surface area contributed by atoms with E-state index in [2.05, 4.69) is 26.1 Å². The number of nitrogens with one attached hydrogen (secondary N) is 1. The highest BCUT2D eigenvalue weighted by atomic mass is 32.2. The van der Waals surface area contributed by atoms with Crippen LogP contribution in [0.5, 0.6) is 0 Å². The Bertz CT molecular complexity index is 1350. The van der Waals surface area contributed by atoms with E-state index in [1.165, 1.54) is 21.0 Å². The fraction of sp³-hybridized carbons (Fsp3) is 0.462. The molecule has 1 atom stereocenters. The van der Waals surface area contributed by atoms with Crippen molar-refractivity contribution in [2.75, 3.05) is 13.1 Å². The minimum absolute atomic E-state index is 0.0125. The molecule has 1 aliphatic heterocycles. The minimum atomic E-state index is -3.62. The molecule has 2 heterocycles. The van der Waals surface area contributed by atoms with Crippen LogP contribution in [0.4, 0.5) is 0 Å². The summed E-state index contributed by atoms with van der Waals surface area (Å²) in [4.78, 5) is 25.5. The first kappa shape index (κ1) is 25.2. The topological polar surface area (TPSA) is 102 Å². The summed E-state index contributed by atoms with van der Waals surface area (Å²) in [5, 5.41) is 3.11. The van der Waals surface area contributed by atoms with Crippen LogP contribution in [0.25, 0.3) is 11.1 Å². The lowest BCUT2D eigenvalue weighted by atomic mass is 9.85. The molecule has 4 rings (SSSR count). The van der Waals surface area contributed by atoms with Crippen LogP contribution < -0.4 is 11.1 Å². The maximum Gasteiger partial charge on any atom is 0.419 e. The number of carbonyl (C=O) groups excluding carboxylic acids is 1. The smallest absolute Gasteiger partial charge is 0.408 e. The number of hydrogen-bond donors (Lipinski definition) is 1. The quantitative estimate of drug-likeness (QED) is 0.504. The Labute approximate surface area is 206 Å². The van der Waals surface area contributed by atoms with Crippen LogP contribution in [0.1, 0.15) is 58.1 Å². The molecular formula is C26H33N3O5S. The molecule has 0 saturated carbocycles. The predicted octanol–water partition coefficient (Wildman–Crippen LogP) is 4.06. The molecule has 1 saturated heterocycles. The van der Waals surface area contributed by atoms with Gasteiger partial charge < -0.3 is 9.73 Å². The molecule has 1 amide bonds. The Morgan fingerprint density at radius 2 is 1.77 bits per heavy atom. The lowest BCUT2D eigenvalue weighted by Gasteiger charge is -2.27. The lowest BCUT2D eigenvalue weighted by Crippen LogP contribution is -2.32. The van der Waals surface area contributed by atoms with Gasteiger partial charge in [-0.3, -0.25) is 9.36 Å². The molecule has 2 aromatic carbocycles. The molecule has 1 fully saturated rings. The molecule has 0 radical (unpaired) electrons. The van der Waals surface area contributed by atoms with Crippen LogP contribution in [-0.4, -0.2) is 36.3 Å². The molecule has 1 aliphatic rings. The van der Waals surface area contributed by atoms with Crippen molar-refractivity contribution in [1.82, 2.24) is 14.2 Å². The Kier molecular flexibility index (Phi) is 7.19. The van der Waals surface area contributed by atoms with Crippen LogP contribution in [0.15, 0.2) is 62.6 Å². The third kappa shape index (κ3) is 5.85. The van der Waals surface area contributed by atoms with Crippen LogP contribution in [0, 0.1) is 5.41 Å². The number of rotatable bonds is 8. The fourth-order valence-corrected chi connectivity index (χ4v) is 6.06. The normalized spacial score (nSPS) is 16.0. The Balaban J connectivity index is 1.49. The molecule has 0 bridgehead atoms. The second kappa shape index (κ2) is 9.99. The van der Waals surface area contributed by atoms with Crippen molar-refractivity contribution in [3.8, 4) is 0 Å². The van der Waals surface area contributed by atoms with E-state index < -0.39 is 15.8 Å². The number of benzene rings is 2. The molecule has 0 spiro atoms. The van der Waals surface area contributed by atoms with Gasteiger partial charge in [0.05, 0.1) is 16.5 Å². The first-order chi connectivity index (χ1) is 16.5. The highest BCUT2D eigenvalue weighted by Crippen LogP contribution is 2.29. The zero-order valence-electron chi connectivity index (χ0n) is 20.5. The van der Waals surface area contributed by atoms with E-state index in [9.17, 15) is 18.0 Å². The van der Waals surface area contributed by atoms with Crippen LogP contribution in [0.2, 0.25) is 0 Å². The number of hydrogen-bond acceptors (Lipinski definition) is 5. The molecule has 1 unspecified atom stereocenters. The van der Waals surface area contributed by atoms with Crippen molar-refractivity contribution in [3.05, 3.63) is 64.6 Å². The highest BCUT2D eigenvalue weighted by molar-refractivity contribution is 7.89. The van der Waals surface area contributed by atoms with Crippen molar-refractivity contribution < 1.29 is 17.6 Å². The molecule has 188 valence electrons. The molecule has 3 aromatic rings. The number of sulfonamides is 1. The van der Waals surface area contributed by atoms with Gasteiger partial charge in [-0.05, 0) is 42.4 Å². The Morgan fingerprint density at radius 3 is 2.43 bits per heavy atom. The van der Waals surface area contributed by atoms with Gasteiger partial charge in [-0.15, -0.1) is 0 Å². The number of aryl methyl sites for hydroxylation is 1. The van der Waals surface area contributed by atoms with Gasteiger partial charge in [0.1, 0.15) is 0 Å². The van der Waals surface area contributed by atoms with Crippen LogP contribution >= 0.6 is 0 Å². The number of fused-ring (bicyclic) bond motifs is 1. The van der Waals surface area contributed by atoms with Crippen molar-refractivity contribution in [3.63, 3.8) is 0 Å². The molecular weight excluding hydrogens is 466 g/mol. The van der Waals surface area contributed by atoms with E-state index in [0.717, 1.165) is 24.8 Å². The van der Waals surface area contributed by atoms with Gasteiger partial charge >= 0.3 is 5.76 Å². The van der Waals surface area contributed by atoms with Crippen molar-refractivity contribution >= 4 is 27.0 Å².